The van der Waals surface area contributed by atoms with E-state index in [0.29, 0.717) is 11.1 Å². The molecule has 0 amide bonds. The minimum Gasteiger partial charge on any atom is -0.251 e. The van der Waals surface area contributed by atoms with Crippen molar-refractivity contribution in [3.05, 3.63) is 36.2 Å². The van der Waals surface area contributed by atoms with Gasteiger partial charge in [-0.2, -0.15) is 13.2 Å². The van der Waals surface area contributed by atoms with E-state index >= 15 is 0 Å². The molecule has 14 heavy (non-hydrogen) atoms. The second-order valence-corrected chi connectivity index (χ2v) is 2.93. The van der Waals surface area contributed by atoms with E-state index in [9.17, 15) is 13.2 Å². The second-order valence-electron chi connectivity index (χ2n) is 2.67. The lowest BCUT2D eigenvalue weighted by Gasteiger charge is -2.06. The van der Waals surface area contributed by atoms with Crippen molar-refractivity contribution < 1.29 is 13.2 Å². The van der Waals surface area contributed by atoms with E-state index in [1.54, 1.807) is 0 Å². The molecule has 0 aromatic carbocycles. The van der Waals surface area contributed by atoms with Crippen LogP contribution in [0.15, 0.2) is 24.9 Å². The van der Waals surface area contributed by atoms with Crippen molar-refractivity contribution in [3.8, 4) is 0 Å². The maximum absolute atomic E-state index is 12.1. The Morgan fingerprint density at radius 3 is 2.43 bits per heavy atom. The zero-order valence-corrected chi connectivity index (χ0v) is 7.86. The molecule has 0 N–H and O–H groups in total. The summed E-state index contributed by atoms with van der Waals surface area (Å²) in [5.74, 6) is 0.174. The van der Waals surface area contributed by atoms with E-state index < -0.39 is 11.9 Å². The van der Waals surface area contributed by atoms with Crippen molar-refractivity contribution in [2.45, 2.75) is 6.18 Å². The van der Waals surface area contributed by atoms with Crippen LogP contribution in [-0.4, -0.2) is 10.9 Å². The summed E-state index contributed by atoms with van der Waals surface area (Å²) in [6.07, 6.45) is -3.28. The van der Waals surface area contributed by atoms with Crippen LogP contribution in [0, 0.1) is 0 Å². The number of halogens is 4. The second kappa shape index (κ2) is 4.00. The lowest BCUT2D eigenvalue weighted by Crippen LogP contribution is -2.07. The van der Waals surface area contributed by atoms with Crippen LogP contribution < -0.4 is 0 Å². The molecule has 0 radical (unpaired) electrons. The number of nitrogens with zero attached hydrogens (tertiary/aromatic N) is 1. The van der Waals surface area contributed by atoms with Gasteiger partial charge in [0.2, 0.25) is 0 Å². The normalized spacial score (nSPS) is 11.4. The molecule has 0 aliphatic carbocycles. The first kappa shape index (κ1) is 11.0. The number of hydrogen-bond donors (Lipinski definition) is 0. The molecule has 0 aliphatic rings. The summed E-state index contributed by atoms with van der Waals surface area (Å²) in [4.78, 5) is 3.27. The summed E-state index contributed by atoms with van der Waals surface area (Å²) < 4.78 is 36.3. The number of alkyl halides is 4. The van der Waals surface area contributed by atoms with Crippen LogP contribution in [0.5, 0.6) is 0 Å². The lowest BCUT2D eigenvalue weighted by atomic mass is 10.1. The highest BCUT2D eigenvalue weighted by Gasteiger charge is 2.31. The van der Waals surface area contributed by atoms with Gasteiger partial charge in [0.1, 0.15) is 5.69 Å². The summed E-state index contributed by atoms with van der Waals surface area (Å²) in [7, 11) is 0. The van der Waals surface area contributed by atoms with Gasteiger partial charge in [0.05, 0.1) is 0 Å². The van der Waals surface area contributed by atoms with Gasteiger partial charge in [-0.1, -0.05) is 12.6 Å². The fourth-order valence-electron chi connectivity index (χ4n) is 0.848. The van der Waals surface area contributed by atoms with Crippen molar-refractivity contribution in [1.29, 1.82) is 0 Å². The van der Waals surface area contributed by atoms with Gasteiger partial charge < -0.3 is 0 Å². The minimum absolute atomic E-state index is 0.174. The number of rotatable bonds is 2. The first-order valence-corrected chi connectivity index (χ1v) is 4.26. The molecule has 0 aliphatic heterocycles. The molecule has 0 fully saturated rings. The van der Waals surface area contributed by atoms with E-state index in [2.05, 4.69) is 11.6 Å². The molecule has 1 aromatic rings. The van der Waals surface area contributed by atoms with Gasteiger partial charge in [0.25, 0.3) is 0 Å². The van der Waals surface area contributed by atoms with Gasteiger partial charge in [-0.25, -0.2) is 0 Å². The molecule has 0 saturated carbocycles. The van der Waals surface area contributed by atoms with Gasteiger partial charge in [0.15, 0.2) is 0 Å². The van der Waals surface area contributed by atoms with Gasteiger partial charge in [-0.3, -0.25) is 4.98 Å². The predicted octanol–water partition coefficient (Wildman–Crippen LogP) is 3.35. The Kier molecular flexibility index (Phi) is 3.16. The van der Waals surface area contributed by atoms with Gasteiger partial charge in [0, 0.05) is 12.1 Å². The van der Waals surface area contributed by atoms with E-state index in [-0.39, 0.29) is 5.88 Å². The zero-order chi connectivity index (χ0) is 10.8. The molecule has 0 spiro atoms. The fourth-order valence-corrected chi connectivity index (χ4v) is 1.00. The van der Waals surface area contributed by atoms with Crippen LogP contribution in [0.4, 0.5) is 13.2 Å². The zero-order valence-electron chi connectivity index (χ0n) is 7.11. The van der Waals surface area contributed by atoms with Crippen LogP contribution in [-0.2, 0) is 6.18 Å². The van der Waals surface area contributed by atoms with Crippen LogP contribution in [0.25, 0.3) is 5.57 Å². The Hall–Kier alpha value is -1.03. The van der Waals surface area contributed by atoms with Gasteiger partial charge in [-0.05, 0) is 17.2 Å². The molecule has 5 heteroatoms. The van der Waals surface area contributed by atoms with E-state index in [1.807, 2.05) is 0 Å². The molecule has 0 saturated heterocycles. The predicted molar refractivity (Wildman–Crippen MR) is 49.0 cm³/mol. The average molecular weight is 222 g/mol. The lowest BCUT2D eigenvalue weighted by molar-refractivity contribution is -0.141. The standard InChI is InChI=1S/C9H7ClF3N/c1-6(4-10)7-2-3-8(14-5-7)9(11,12)13/h2-3,5H,1,4H2. The maximum atomic E-state index is 12.1. The molecule has 1 nitrogen and oxygen atoms in total. The third kappa shape index (κ3) is 2.48. The summed E-state index contributed by atoms with van der Waals surface area (Å²) >= 11 is 5.47. The first-order valence-electron chi connectivity index (χ1n) is 3.72. The quantitative estimate of drug-likeness (QED) is 0.698. The third-order valence-electron chi connectivity index (χ3n) is 1.62. The molecular weight excluding hydrogens is 215 g/mol. The minimum atomic E-state index is -4.40. The van der Waals surface area contributed by atoms with Crippen LogP contribution in [0.3, 0.4) is 0 Å². The Labute approximate surface area is 84.2 Å². The number of hydrogen-bond acceptors (Lipinski definition) is 1. The maximum Gasteiger partial charge on any atom is 0.433 e. The smallest absolute Gasteiger partial charge is 0.251 e. The Morgan fingerprint density at radius 2 is 2.07 bits per heavy atom. The third-order valence-corrected chi connectivity index (χ3v) is 1.95. The Balaban J connectivity index is 2.95. The first-order chi connectivity index (χ1) is 6.45. The molecule has 1 heterocycles. The van der Waals surface area contributed by atoms with Crippen molar-refractivity contribution in [2.24, 2.45) is 0 Å². The molecule has 0 unspecified atom stereocenters. The van der Waals surface area contributed by atoms with Crippen LogP contribution >= 0.6 is 11.6 Å². The molecule has 76 valence electrons. The monoisotopic (exact) mass is 221 g/mol. The largest absolute Gasteiger partial charge is 0.433 e. The molecule has 0 atom stereocenters. The van der Waals surface area contributed by atoms with E-state index in [4.69, 9.17) is 11.6 Å². The Morgan fingerprint density at radius 1 is 1.43 bits per heavy atom. The topological polar surface area (TPSA) is 12.9 Å². The average Bonchev–Trinajstić information content (AvgIpc) is 2.15. The molecular formula is C9H7ClF3N. The van der Waals surface area contributed by atoms with Crippen molar-refractivity contribution in [2.75, 3.05) is 5.88 Å². The summed E-state index contributed by atoms with van der Waals surface area (Å²) in [6.45, 7) is 3.58. The highest BCUT2D eigenvalue weighted by Crippen LogP contribution is 2.27. The SMILES string of the molecule is C=C(CCl)c1ccc(C(F)(F)F)nc1. The number of pyridine rings is 1. The van der Waals surface area contributed by atoms with Crippen molar-refractivity contribution in [1.82, 2.24) is 4.98 Å². The summed E-state index contributed by atoms with van der Waals surface area (Å²) in [5, 5.41) is 0. The Bertz CT molecular complexity index is 329. The summed E-state index contributed by atoms with van der Waals surface area (Å²) in [6, 6.07) is 2.22. The fraction of sp³-hybridized carbons (Fsp3) is 0.222. The van der Waals surface area contributed by atoms with E-state index in [1.165, 1.54) is 6.07 Å². The van der Waals surface area contributed by atoms with Crippen molar-refractivity contribution in [3.63, 3.8) is 0 Å². The van der Waals surface area contributed by atoms with Gasteiger partial charge in [-0.15, -0.1) is 11.6 Å². The van der Waals surface area contributed by atoms with Crippen LogP contribution in [0.2, 0.25) is 0 Å². The van der Waals surface area contributed by atoms with Gasteiger partial charge >= 0.3 is 6.18 Å². The number of allylic oxidation sites excluding steroid dienone is 1. The van der Waals surface area contributed by atoms with Crippen LogP contribution in [0.1, 0.15) is 11.3 Å². The van der Waals surface area contributed by atoms with Crippen molar-refractivity contribution >= 4 is 17.2 Å². The summed E-state index contributed by atoms with van der Waals surface area (Å²) in [5.41, 5.74) is 0.157. The molecule has 1 aromatic heterocycles. The molecule has 0 bridgehead atoms. The van der Waals surface area contributed by atoms with E-state index in [0.717, 1.165) is 12.3 Å². The number of aromatic nitrogens is 1. The highest BCUT2D eigenvalue weighted by molar-refractivity contribution is 6.23. The molecule has 1 rings (SSSR count). The highest BCUT2D eigenvalue weighted by atomic mass is 35.5.